The second-order valence-electron chi connectivity index (χ2n) is 7.56. The number of nitrogens with zero attached hydrogens (tertiary/aromatic N) is 2. The van der Waals surface area contributed by atoms with Gasteiger partial charge in [-0.2, -0.15) is 0 Å². The van der Waals surface area contributed by atoms with Crippen LogP contribution in [0.3, 0.4) is 0 Å². The number of hydrogen-bond donors (Lipinski definition) is 1. The number of amides is 1. The van der Waals surface area contributed by atoms with Crippen molar-refractivity contribution in [2.75, 3.05) is 39.4 Å². The minimum atomic E-state index is -0.524. The Hall–Kier alpha value is -1.43. The summed E-state index contributed by atoms with van der Waals surface area (Å²) in [6, 6.07) is 8.91. The van der Waals surface area contributed by atoms with Crippen molar-refractivity contribution in [2.24, 2.45) is 0 Å². The van der Waals surface area contributed by atoms with Gasteiger partial charge in [-0.1, -0.05) is 29.8 Å². The second kappa shape index (κ2) is 7.85. The number of rotatable bonds is 4. The molecule has 1 amide bonds. The van der Waals surface area contributed by atoms with Crippen LogP contribution in [0.5, 0.6) is 0 Å². The van der Waals surface area contributed by atoms with Crippen molar-refractivity contribution in [1.29, 1.82) is 0 Å². The topological polar surface area (TPSA) is 53.0 Å². The Balaban J connectivity index is 1.65. The van der Waals surface area contributed by atoms with Gasteiger partial charge in [-0.25, -0.2) is 0 Å². The van der Waals surface area contributed by atoms with Gasteiger partial charge in [0.2, 0.25) is 5.91 Å². The van der Waals surface area contributed by atoms with Crippen LogP contribution < -0.4 is 0 Å². The van der Waals surface area contributed by atoms with E-state index in [9.17, 15) is 9.90 Å². The third-order valence-corrected chi connectivity index (χ3v) is 5.60. The fourth-order valence-electron chi connectivity index (χ4n) is 4.18. The lowest BCUT2D eigenvalue weighted by molar-refractivity contribution is -0.146. The molecule has 25 heavy (non-hydrogen) atoms. The number of likely N-dealkylation sites (tertiary alicyclic amines) is 1. The number of piperidine rings is 1. The Bertz CT molecular complexity index is 598. The summed E-state index contributed by atoms with van der Waals surface area (Å²) in [5, 5.41) is 10.1. The number of aryl methyl sites for hydroxylation is 1. The third kappa shape index (κ3) is 4.40. The van der Waals surface area contributed by atoms with E-state index in [1.807, 2.05) is 4.90 Å². The molecule has 0 aromatic heterocycles. The zero-order chi connectivity index (χ0) is 17.9. The highest BCUT2D eigenvalue weighted by molar-refractivity contribution is 5.73. The van der Waals surface area contributed by atoms with Crippen molar-refractivity contribution in [3.8, 4) is 0 Å². The van der Waals surface area contributed by atoms with Crippen molar-refractivity contribution in [1.82, 2.24) is 9.80 Å². The summed E-state index contributed by atoms with van der Waals surface area (Å²) >= 11 is 0. The highest BCUT2D eigenvalue weighted by Crippen LogP contribution is 2.27. The molecule has 2 aliphatic heterocycles. The second-order valence-corrected chi connectivity index (χ2v) is 7.56. The quantitative estimate of drug-likeness (QED) is 0.900. The maximum absolute atomic E-state index is 11.5. The molecule has 1 N–H and O–H groups in total. The van der Waals surface area contributed by atoms with E-state index >= 15 is 0 Å². The minimum Gasteiger partial charge on any atom is -0.393 e. The summed E-state index contributed by atoms with van der Waals surface area (Å²) in [4.78, 5) is 15.9. The highest BCUT2D eigenvalue weighted by Gasteiger charge is 2.39. The minimum absolute atomic E-state index is 0.0315. The lowest BCUT2D eigenvalue weighted by atomic mass is 9.91. The number of carbonyl (C=O) groups excluding carboxylic acids is 1. The summed E-state index contributed by atoms with van der Waals surface area (Å²) < 4.78 is 6.08. The maximum atomic E-state index is 11.5. The molecule has 1 aromatic rings. The van der Waals surface area contributed by atoms with E-state index in [2.05, 4.69) is 36.1 Å². The van der Waals surface area contributed by atoms with E-state index in [1.54, 1.807) is 6.92 Å². The number of benzene rings is 1. The fraction of sp³-hybridized carbons (Fsp3) is 0.650. The Morgan fingerprint density at radius 1 is 1.32 bits per heavy atom. The molecule has 2 fully saturated rings. The predicted molar refractivity (Wildman–Crippen MR) is 97.5 cm³/mol. The fourth-order valence-corrected chi connectivity index (χ4v) is 4.18. The Labute approximate surface area is 150 Å². The number of carbonyl (C=O) groups is 1. The van der Waals surface area contributed by atoms with Crippen LogP contribution in [0.2, 0.25) is 0 Å². The van der Waals surface area contributed by atoms with E-state index in [4.69, 9.17) is 4.74 Å². The van der Waals surface area contributed by atoms with E-state index in [0.29, 0.717) is 12.6 Å². The summed E-state index contributed by atoms with van der Waals surface area (Å²) in [6.07, 6.45) is 2.74. The molecule has 1 unspecified atom stereocenters. The van der Waals surface area contributed by atoms with E-state index in [0.717, 1.165) is 45.4 Å². The largest absolute Gasteiger partial charge is 0.393 e. The Morgan fingerprint density at radius 2 is 2.08 bits per heavy atom. The van der Waals surface area contributed by atoms with Gasteiger partial charge < -0.3 is 14.7 Å². The number of ether oxygens (including phenoxy) is 1. The van der Waals surface area contributed by atoms with Crippen LogP contribution in [0, 0.1) is 6.92 Å². The zero-order valence-electron chi connectivity index (χ0n) is 15.4. The van der Waals surface area contributed by atoms with Crippen LogP contribution in [0.1, 0.15) is 30.9 Å². The van der Waals surface area contributed by atoms with Crippen LogP contribution in [-0.4, -0.2) is 71.8 Å². The van der Waals surface area contributed by atoms with Crippen LogP contribution >= 0.6 is 0 Å². The lowest BCUT2D eigenvalue weighted by Crippen LogP contribution is -2.59. The van der Waals surface area contributed by atoms with Crippen molar-refractivity contribution >= 4 is 5.91 Å². The predicted octanol–water partition coefficient (Wildman–Crippen LogP) is 1.61. The van der Waals surface area contributed by atoms with E-state index in [-0.39, 0.29) is 12.5 Å². The van der Waals surface area contributed by atoms with E-state index in [1.165, 1.54) is 11.1 Å². The van der Waals surface area contributed by atoms with Gasteiger partial charge in [0.1, 0.15) is 5.60 Å². The number of hydrogen-bond acceptors (Lipinski definition) is 4. The number of morpholine rings is 1. The van der Waals surface area contributed by atoms with Crippen molar-refractivity contribution in [3.63, 3.8) is 0 Å². The Kier molecular flexibility index (Phi) is 5.77. The summed E-state index contributed by atoms with van der Waals surface area (Å²) in [6.45, 7) is 7.74. The first-order chi connectivity index (χ1) is 12.0. The molecule has 2 saturated heterocycles. The van der Waals surface area contributed by atoms with Gasteiger partial charge in [-0.3, -0.25) is 9.69 Å². The molecule has 5 nitrogen and oxygen atoms in total. The molecule has 2 aliphatic rings. The first-order valence-corrected chi connectivity index (χ1v) is 9.31. The van der Waals surface area contributed by atoms with Gasteiger partial charge in [-0.15, -0.1) is 0 Å². The first kappa shape index (κ1) is 18.4. The lowest BCUT2D eigenvalue weighted by Gasteiger charge is -2.47. The van der Waals surface area contributed by atoms with E-state index < -0.39 is 5.60 Å². The van der Waals surface area contributed by atoms with Crippen LogP contribution in [0.15, 0.2) is 24.3 Å². The van der Waals surface area contributed by atoms with Gasteiger partial charge in [0.25, 0.3) is 0 Å². The molecule has 0 aliphatic carbocycles. The summed E-state index contributed by atoms with van der Waals surface area (Å²) in [7, 11) is 0. The van der Waals surface area contributed by atoms with Crippen molar-refractivity contribution < 1.29 is 14.6 Å². The first-order valence-electron chi connectivity index (χ1n) is 9.31. The number of aliphatic hydroxyl groups is 1. The van der Waals surface area contributed by atoms with Crippen molar-refractivity contribution in [3.05, 3.63) is 35.4 Å². The molecule has 0 radical (unpaired) electrons. The molecule has 0 spiro atoms. The number of aliphatic hydroxyl groups excluding tert-OH is 1. The molecular weight excluding hydrogens is 316 g/mol. The van der Waals surface area contributed by atoms with Gasteiger partial charge in [0.15, 0.2) is 0 Å². The van der Waals surface area contributed by atoms with Gasteiger partial charge in [0.05, 0.1) is 13.2 Å². The standard InChI is InChI=1S/C20H30N2O3/c1-16-4-3-5-18(12-16)13-20(15-23)14-22(10-11-25-20)19-6-8-21(9-7-19)17(2)24/h3-5,12,19,23H,6-11,13-15H2,1-2H3. The van der Waals surface area contributed by atoms with Gasteiger partial charge >= 0.3 is 0 Å². The Morgan fingerprint density at radius 3 is 2.72 bits per heavy atom. The molecule has 1 atom stereocenters. The molecule has 1 aromatic carbocycles. The summed E-state index contributed by atoms with van der Waals surface area (Å²) in [5.41, 5.74) is 1.92. The van der Waals surface area contributed by atoms with Crippen molar-refractivity contribution in [2.45, 2.75) is 44.8 Å². The zero-order valence-corrected chi connectivity index (χ0v) is 15.4. The van der Waals surface area contributed by atoms with Crippen LogP contribution in [-0.2, 0) is 16.0 Å². The average molecular weight is 346 g/mol. The molecule has 0 saturated carbocycles. The van der Waals surface area contributed by atoms with Gasteiger partial charge in [-0.05, 0) is 25.3 Å². The van der Waals surface area contributed by atoms with Crippen LogP contribution in [0.25, 0.3) is 0 Å². The van der Waals surface area contributed by atoms with Crippen LogP contribution in [0.4, 0.5) is 0 Å². The SMILES string of the molecule is CC(=O)N1CCC(N2CCOC(CO)(Cc3cccc(C)c3)C2)CC1. The molecule has 3 rings (SSSR count). The average Bonchev–Trinajstić information content (AvgIpc) is 2.62. The molecule has 0 bridgehead atoms. The summed E-state index contributed by atoms with van der Waals surface area (Å²) in [5.74, 6) is 0.171. The monoisotopic (exact) mass is 346 g/mol. The van der Waals surface area contributed by atoms with Gasteiger partial charge in [0, 0.05) is 45.6 Å². The molecule has 2 heterocycles. The molecule has 5 heteroatoms. The molecule has 138 valence electrons. The smallest absolute Gasteiger partial charge is 0.219 e. The highest BCUT2D eigenvalue weighted by atomic mass is 16.5. The normalized spacial score (nSPS) is 26.0. The molecular formula is C20H30N2O3. The third-order valence-electron chi connectivity index (χ3n) is 5.60. The maximum Gasteiger partial charge on any atom is 0.219 e.